The maximum atomic E-state index is 14.1. The third-order valence-corrected chi connectivity index (χ3v) is 15.3. The summed E-state index contributed by atoms with van der Waals surface area (Å²) in [6, 6.07) is 19.4. The van der Waals surface area contributed by atoms with Gasteiger partial charge in [0.15, 0.2) is 0 Å². The number of hydrogen-bond acceptors (Lipinski definition) is 10. The molecule has 14 nitrogen and oxygen atoms in total. The number of aromatic amines is 1. The molecule has 2 N–H and O–H groups in total. The van der Waals surface area contributed by atoms with Gasteiger partial charge in [0.2, 0.25) is 0 Å². The number of H-pyrrole nitrogens is 1. The number of rotatable bonds is 11. The van der Waals surface area contributed by atoms with Crippen molar-refractivity contribution in [2.24, 2.45) is 5.41 Å². The van der Waals surface area contributed by atoms with Gasteiger partial charge in [-0.1, -0.05) is 55.0 Å². The molecule has 3 aliphatic carbocycles. The van der Waals surface area contributed by atoms with Crippen molar-refractivity contribution in [1.82, 2.24) is 29.4 Å². The second-order valence-corrected chi connectivity index (χ2v) is 19.8. The average molecular weight is 889 g/mol. The Morgan fingerprint density at radius 3 is 2.51 bits per heavy atom. The summed E-state index contributed by atoms with van der Waals surface area (Å²) in [6.45, 7) is 4.06. The van der Waals surface area contributed by atoms with Crippen LogP contribution in [0.5, 0.6) is 11.5 Å². The molecule has 3 aromatic heterocycles. The first-order valence-corrected chi connectivity index (χ1v) is 23.8. The van der Waals surface area contributed by atoms with Crippen molar-refractivity contribution in [3.63, 3.8) is 0 Å². The van der Waals surface area contributed by atoms with Crippen molar-refractivity contribution in [3.05, 3.63) is 117 Å². The number of anilines is 1. The van der Waals surface area contributed by atoms with Gasteiger partial charge in [-0.15, -0.1) is 0 Å². The molecule has 0 unspecified atom stereocenters. The quantitative estimate of drug-likeness (QED) is 0.0944. The minimum atomic E-state index is -4.61. The first-order valence-electron chi connectivity index (χ1n) is 21.9. The Kier molecular flexibility index (Phi) is 11.0. The predicted molar refractivity (Wildman–Crippen MR) is 243 cm³/mol. The zero-order valence-electron chi connectivity index (χ0n) is 34.9. The predicted octanol–water partition coefficient (Wildman–Crippen LogP) is 9.82. The molecule has 1 saturated heterocycles. The van der Waals surface area contributed by atoms with Crippen LogP contribution in [0.4, 0.5) is 11.4 Å². The van der Waals surface area contributed by atoms with Gasteiger partial charge in [-0.05, 0) is 104 Å². The van der Waals surface area contributed by atoms with Gasteiger partial charge in [-0.2, -0.15) is 5.10 Å². The van der Waals surface area contributed by atoms with Crippen molar-refractivity contribution < 1.29 is 22.9 Å². The number of nitro groups is 1. The summed E-state index contributed by atoms with van der Waals surface area (Å²) in [5, 5.41) is 18.6. The first kappa shape index (κ1) is 41.3. The fraction of sp³-hybridized carbons (Fsp3) is 0.383. The highest BCUT2D eigenvalue weighted by molar-refractivity contribution is 7.90. The van der Waals surface area contributed by atoms with Gasteiger partial charge < -0.3 is 14.6 Å². The van der Waals surface area contributed by atoms with Gasteiger partial charge in [0.05, 0.1) is 33.0 Å². The topological polar surface area (TPSA) is 169 Å². The van der Waals surface area contributed by atoms with E-state index in [4.69, 9.17) is 16.3 Å². The number of hydrogen-bond donors (Lipinski definition) is 2. The van der Waals surface area contributed by atoms with Gasteiger partial charge in [0, 0.05) is 73.3 Å². The fourth-order valence-corrected chi connectivity index (χ4v) is 11.2. The van der Waals surface area contributed by atoms with E-state index in [0.29, 0.717) is 16.8 Å². The van der Waals surface area contributed by atoms with Crippen LogP contribution >= 0.6 is 11.6 Å². The van der Waals surface area contributed by atoms with Crippen LogP contribution in [0.15, 0.2) is 95.8 Å². The maximum absolute atomic E-state index is 14.1. The number of piperazine rings is 1. The van der Waals surface area contributed by atoms with Crippen LogP contribution < -0.4 is 14.4 Å². The standard InChI is InChI=1S/C47H49ClN8O6S/c48-34-9-7-31(8-10-34)40-27-47(15-4-16-47)17-13-33(40)29-53-19-21-54(22-20-53)36-11-12-39(44(24-36)62-37-23-32-14-18-49-45(32)50-28-37)46(57)52-63(60,61)38-25-42-41(43(26-38)56(58)59)30-55(51-42)35-5-2-1-3-6-35/h7-12,14,18,23-26,28,30,35H,1-6,13,15-17,19-22,27,29H2,(H,49,50)(H,52,57). The number of nitro benzene ring substituents is 1. The van der Waals surface area contributed by atoms with E-state index in [1.165, 1.54) is 54.7 Å². The summed E-state index contributed by atoms with van der Waals surface area (Å²) < 4.78 is 38.1. The molecule has 3 aromatic carbocycles. The zero-order valence-corrected chi connectivity index (χ0v) is 36.5. The molecule has 0 radical (unpaired) electrons. The van der Waals surface area contributed by atoms with Crippen LogP contribution in [-0.4, -0.2) is 76.6 Å². The summed E-state index contributed by atoms with van der Waals surface area (Å²) in [5.41, 5.74) is 5.94. The molecular formula is C47H49ClN8O6S. The first-order chi connectivity index (χ1) is 30.5. The maximum Gasteiger partial charge on any atom is 0.281 e. The molecule has 3 fully saturated rings. The van der Waals surface area contributed by atoms with Crippen molar-refractivity contribution in [2.45, 2.75) is 81.6 Å². The number of fused-ring (bicyclic) bond motifs is 2. The van der Waals surface area contributed by atoms with E-state index >= 15 is 0 Å². The van der Waals surface area contributed by atoms with Crippen LogP contribution in [0.25, 0.3) is 27.5 Å². The third-order valence-electron chi connectivity index (χ3n) is 13.8. The Hall–Kier alpha value is -5.77. The Labute approximate surface area is 370 Å². The number of allylic oxidation sites excluding steroid dienone is 1. The van der Waals surface area contributed by atoms with Crippen LogP contribution in [0.2, 0.25) is 5.02 Å². The van der Waals surface area contributed by atoms with E-state index in [-0.39, 0.29) is 28.3 Å². The van der Waals surface area contributed by atoms with Gasteiger partial charge in [0.25, 0.3) is 21.6 Å². The van der Waals surface area contributed by atoms with Crippen molar-refractivity contribution >= 4 is 66.4 Å². The van der Waals surface area contributed by atoms with E-state index in [2.05, 4.69) is 41.7 Å². The molecule has 1 aliphatic heterocycles. The van der Waals surface area contributed by atoms with E-state index < -0.39 is 31.4 Å². The van der Waals surface area contributed by atoms with Crippen LogP contribution in [-0.2, 0) is 10.0 Å². The number of non-ortho nitro benzene ring substituents is 1. The molecule has 6 aromatic rings. The highest BCUT2D eigenvalue weighted by atomic mass is 35.5. The number of benzene rings is 3. The number of pyridine rings is 1. The molecule has 326 valence electrons. The van der Waals surface area contributed by atoms with E-state index in [0.717, 1.165) is 99.8 Å². The Morgan fingerprint density at radius 1 is 0.968 bits per heavy atom. The molecule has 0 bridgehead atoms. The minimum absolute atomic E-state index is 0.0320. The van der Waals surface area contributed by atoms with E-state index in [1.807, 2.05) is 18.2 Å². The average Bonchev–Trinajstić information content (AvgIpc) is 3.94. The zero-order chi connectivity index (χ0) is 43.3. The number of aromatic nitrogens is 4. The van der Waals surface area contributed by atoms with Gasteiger partial charge >= 0.3 is 0 Å². The molecule has 63 heavy (non-hydrogen) atoms. The lowest BCUT2D eigenvalue weighted by molar-refractivity contribution is -0.383. The summed E-state index contributed by atoms with van der Waals surface area (Å²) in [6.07, 6.45) is 17.3. The molecule has 1 spiro atoms. The summed E-state index contributed by atoms with van der Waals surface area (Å²) in [4.78, 5) is 37.5. The smallest absolute Gasteiger partial charge is 0.281 e. The Bertz CT molecular complexity index is 2870. The highest BCUT2D eigenvalue weighted by Crippen LogP contribution is 2.55. The Balaban J connectivity index is 0.897. The number of nitrogens with zero attached hydrogens (tertiary/aromatic N) is 6. The molecule has 16 heteroatoms. The number of carbonyl (C=O) groups is 1. The molecule has 4 aliphatic rings. The number of nitrogens with one attached hydrogen (secondary N) is 2. The van der Waals surface area contributed by atoms with Crippen LogP contribution in [0.1, 0.15) is 92.6 Å². The Morgan fingerprint density at radius 2 is 1.76 bits per heavy atom. The van der Waals surface area contributed by atoms with Crippen molar-refractivity contribution in [1.29, 1.82) is 0 Å². The molecule has 1 amide bonds. The van der Waals surface area contributed by atoms with Crippen LogP contribution in [0.3, 0.4) is 0 Å². The number of carbonyl (C=O) groups excluding carboxylic acids is 1. The second kappa shape index (κ2) is 16.7. The van der Waals surface area contributed by atoms with Crippen molar-refractivity contribution in [3.8, 4) is 11.5 Å². The molecule has 10 rings (SSSR count). The fourth-order valence-electron chi connectivity index (χ4n) is 10.1. The molecule has 2 saturated carbocycles. The molecule has 0 atom stereocenters. The summed E-state index contributed by atoms with van der Waals surface area (Å²) in [7, 11) is -4.61. The number of sulfonamides is 1. The largest absolute Gasteiger partial charge is 0.455 e. The number of amides is 1. The van der Waals surface area contributed by atoms with E-state index in [9.17, 15) is 23.3 Å². The lowest BCUT2D eigenvalue weighted by atomic mass is 9.59. The SMILES string of the molecule is O=C(NS(=O)(=O)c1cc([N+](=O)[O-])c2cn(C3CCCCC3)nc2c1)c1ccc(N2CCN(CC3=C(c4ccc(Cl)cc4)CC4(CCC4)CC3)CC2)cc1Oc1cnc2[nH]ccc2c1. The molecule has 4 heterocycles. The van der Waals surface area contributed by atoms with Gasteiger partial charge in [0.1, 0.15) is 22.7 Å². The van der Waals surface area contributed by atoms with Crippen LogP contribution in [0, 0.1) is 15.5 Å². The number of halogens is 1. The van der Waals surface area contributed by atoms with Gasteiger partial charge in [-0.3, -0.25) is 24.5 Å². The lowest BCUT2D eigenvalue weighted by Gasteiger charge is -2.47. The van der Waals surface area contributed by atoms with E-state index in [1.54, 1.807) is 41.3 Å². The minimum Gasteiger partial charge on any atom is -0.455 e. The van der Waals surface area contributed by atoms with Crippen molar-refractivity contribution in [2.75, 3.05) is 37.6 Å². The number of ether oxygens (including phenoxy) is 1. The second-order valence-electron chi connectivity index (χ2n) is 17.7. The lowest BCUT2D eigenvalue weighted by Crippen LogP contribution is -2.47. The molecular weight excluding hydrogens is 840 g/mol. The van der Waals surface area contributed by atoms with Gasteiger partial charge in [-0.25, -0.2) is 18.1 Å². The highest BCUT2D eigenvalue weighted by Gasteiger charge is 2.41. The summed E-state index contributed by atoms with van der Waals surface area (Å²) >= 11 is 6.28. The summed E-state index contributed by atoms with van der Waals surface area (Å²) in [5.74, 6) is -0.457. The monoisotopic (exact) mass is 888 g/mol. The normalized spacial score (nSPS) is 18.5. The third kappa shape index (κ3) is 8.41.